The minimum absolute atomic E-state index is 0.183. The summed E-state index contributed by atoms with van der Waals surface area (Å²) in [6.07, 6.45) is 1.88. The summed E-state index contributed by atoms with van der Waals surface area (Å²) in [5.74, 6) is 0. The van der Waals surface area contributed by atoms with Crippen LogP contribution in [0.25, 0.3) is 10.9 Å². The lowest BCUT2D eigenvalue weighted by Gasteiger charge is -2.17. The van der Waals surface area contributed by atoms with Crippen LogP contribution in [-0.4, -0.2) is 12.0 Å². The van der Waals surface area contributed by atoms with Gasteiger partial charge in [0.25, 0.3) is 0 Å². The first-order valence-electron chi connectivity index (χ1n) is 6.05. The summed E-state index contributed by atoms with van der Waals surface area (Å²) in [5, 5.41) is 6.71. The van der Waals surface area contributed by atoms with E-state index in [1.165, 1.54) is 15.8 Å². The second-order valence-electron chi connectivity index (χ2n) is 4.27. The standard InChI is InChI=1S/C15H13BrN2S/c1-17-14(15-12(16)7-9-19-15)11-6-8-18-13-5-3-2-4-10(11)13/h2-9,14,17H,1H3. The van der Waals surface area contributed by atoms with Crippen LogP contribution in [0.5, 0.6) is 0 Å². The number of hydrogen-bond donors (Lipinski definition) is 1. The molecule has 19 heavy (non-hydrogen) atoms. The quantitative estimate of drug-likeness (QED) is 0.770. The lowest BCUT2D eigenvalue weighted by atomic mass is 10.0. The first kappa shape index (κ1) is 12.8. The Hall–Kier alpha value is -1.23. The Bertz CT molecular complexity index is 703. The van der Waals surface area contributed by atoms with Crippen LogP contribution < -0.4 is 5.32 Å². The largest absolute Gasteiger partial charge is 0.309 e. The number of nitrogens with one attached hydrogen (secondary N) is 1. The molecule has 0 amide bonds. The Kier molecular flexibility index (Phi) is 3.64. The van der Waals surface area contributed by atoms with Crippen molar-refractivity contribution in [2.45, 2.75) is 6.04 Å². The Morgan fingerprint density at radius 1 is 1.21 bits per heavy atom. The number of pyridine rings is 1. The molecule has 0 aliphatic carbocycles. The highest BCUT2D eigenvalue weighted by Gasteiger charge is 2.18. The van der Waals surface area contributed by atoms with Crippen LogP contribution in [0, 0.1) is 0 Å². The molecule has 1 N–H and O–H groups in total. The number of rotatable bonds is 3. The fourth-order valence-electron chi connectivity index (χ4n) is 2.31. The van der Waals surface area contributed by atoms with E-state index in [1.807, 2.05) is 19.3 Å². The average molecular weight is 333 g/mol. The van der Waals surface area contributed by atoms with Gasteiger partial charge in [0, 0.05) is 20.9 Å². The highest BCUT2D eigenvalue weighted by molar-refractivity contribution is 9.10. The Balaban J connectivity index is 2.20. The van der Waals surface area contributed by atoms with Crippen LogP contribution in [0.15, 0.2) is 52.4 Å². The van der Waals surface area contributed by atoms with Crippen LogP contribution in [0.1, 0.15) is 16.5 Å². The summed E-state index contributed by atoms with van der Waals surface area (Å²) < 4.78 is 1.15. The molecule has 0 aliphatic rings. The fraction of sp³-hybridized carbons (Fsp3) is 0.133. The van der Waals surface area contributed by atoms with Gasteiger partial charge in [0.05, 0.1) is 11.6 Å². The maximum atomic E-state index is 4.43. The first-order valence-corrected chi connectivity index (χ1v) is 7.72. The van der Waals surface area contributed by atoms with Crippen molar-refractivity contribution in [3.05, 3.63) is 62.9 Å². The minimum atomic E-state index is 0.183. The maximum Gasteiger partial charge on any atom is 0.0705 e. The molecule has 0 saturated heterocycles. The summed E-state index contributed by atoms with van der Waals surface area (Å²) >= 11 is 5.38. The van der Waals surface area contributed by atoms with Gasteiger partial charge in [-0.05, 0) is 52.1 Å². The van der Waals surface area contributed by atoms with Crippen LogP contribution in [-0.2, 0) is 0 Å². The van der Waals surface area contributed by atoms with E-state index in [2.05, 4.69) is 61.9 Å². The van der Waals surface area contributed by atoms with Crippen molar-refractivity contribution in [3.8, 4) is 0 Å². The third-order valence-corrected chi connectivity index (χ3v) is 5.13. The molecule has 96 valence electrons. The Morgan fingerprint density at radius 2 is 2.05 bits per heavy atom. The van der Waals surface area contributed by atoms with Gasteiger partial charge in [-0.2, -0.15) is 0 Å². The number of aromatic nitrogens is 1. The molecular formula is C15H13BrN2S. The predicted molar refractivity (Wildman–Crippen MR) is 84.7 cm³/mol. The number of para-hydroxylation sites is 1. The second-order valence-corrected chi connectivity index (χ2v) is 6.07. The zero-order chi connectivity index (χ0) is 13.2. The molecule has 0 fully saturated rings. The molecule has 2 nitrogen and oxygen atoms in total. The molecule has 0 bridgehead atoms. The van der Waals surface area contributed by atoms with Gasteiger partial charge in [-0.15, -0.1) is 11.3 Å². The second kappa shape index (κ2) is 5.41. The van der Waals surface area contributed by atoms with E-state index < -0.39 is 0 Å². The van der Waals surface area contributed by atoms with Gasteiger partial charge >= 0.3 is 0 Å². The van der Waals surface area contributed by atoms with Crippen molar-refractivity contribution in [1.82, 2.24) is 10.3 Å². The van der Waals surface area contributed by atoms with Crippen LogP contribution in [0.3, 0.4) is 0 Å². The van der Waals surface area contributed by atoms with E-state index in [0.29, 0.717) is 0 Å². The van der Waals surface area contributed by atoms with Crippen molar-refractivity contribution in [3.63, 3.8) is 0 Å². The number of fused-ring (bicyclic) bond motifs is 1. The van der Waals surface area contributed by atoms with Gasteiger partial charge in [0.15, 0.2) is 0 Å². The average Bonchev–Trinajstić information content (AvgIpc) is 2.86. The number of thiophene rings is 1. The monoisotopic (exact) mass is 332 g/mol. The predicted octanol–water partition coefficient (Wildman–Crippen LogP) is 4.37. The summed E-state index contributed by atoms with van der Waals surface area (Å²) in [6.45, 7) is 0. The molecule has 0 aliphatic heterocycles. The van der Waals surface area contributed by atoms with Crippen molar-refractivity contribution < 1.29 is 0 Å². The van der Waals surface area contributed by atoms with E-state index in [4.69, 9.17) is 0 Å². The molecule has 2 heterocycles. The SMILES string of the molecule is CNC(c1sccc1Br)c1ccnc2ccccc12. The first-order chi connectivity index (χ1) is 9.31. The number of nitrogens with zero attached hydrogens (tertiary/aromatic N) is 1. The highest BCUT2D eigenvalue weighted by Crippen LogP contribution is 2.35. The van der Waals surface area contributed by atoms with Gasteiger partial charge in [-0.3, -0.25) is 4.98 Å². The van der Waals surface area contributed by atoms with Gasteiger partial charge in [0.1, 0.15) is 0 Å². The fourth-order valence-corrected chi connectivity index (χ4v) is 4.04. The number of benzene rings is 1. The Morgan fingerprint density at radius 3 is 2.79 bits per heavy atom. The molecular weight excluding hydrogens is 320 g/mol. The summed E-state index contributed by atoms with van der Waals surface area (Å²) in [6, 6.07) is 12.6. The molecule has 3 rings (SSSR count). The summed E-state index contributed by atoms with van der Waals surface area (Å²) in [4.78, 5) is 5.72. The van der Waals surface area contributed by atoms with E-state index in [1.54, 1.807) is 11.3 Å². The maximum absolute atomic E-state index is 4.43. The van der Waals surface area contributed by atoms with Crippen molar-refractivity contribution in [2.24, 2.45) is 0 Å². The van der Waals surface area contributed by atoms with E-state index in [0.717, 1.165) is 9.99 Å². The molecule has 1 atom stereocenters. The lowest BCUT2D eigenvalue weighted by Crippen LogP contribution is -2.17. The zero-order valence-corrected chi connectivity index (χ0v) is 12.8. The summed E-state index contributed by atoms with van der Waals surface area (Å²) in [5.41, 5.74) is 2.30. The van der Waals surface area contributed by atoms with Crippen molar-refractivity contribution in [1.29, 1.82) is 0 Å². The number of hydrogen-bond acceptors (Lipinski definition) is 3. The molecule has 1 aromatic carbocycles. The van der Waals surface area contributed by atoms with Gasteiger partial charge in [-0.25, -0.2) is 0 Å². The highest BCUT2D eigenvalue weighted by atomic mass is 79.9. The number of halogens is 1. The summed E-state index contributed by atoms with van der Waals surface area (Å²) in [7, 11) is 1.99. The Labute approximate surface area is 124 Å². The third-order valence-electron chi connectivity index (χ3n) is 3.19. The molecule has 2 aromatic heterocycles. The van der Waals surface area contributed by atoms with Crippen molar-refractivity contribution in [2.75, 3.05) is 7.05 Å². The lowest BCUT2D eigenvalue weighted by molar-refractivity contribution is 0.706. The molecule has 3 aromatic rings. The molecule has 0 radical (unpaired) electrons. The smallest absolute Gasteiger partial charge is 0.0705 e. The van der Waals surface area contributed by atoms with E-state index in [9.17, 15) is 0 Å². The van der Waals surface area contributed by atoms with Crippen LogP contribution >= 0.6 is 27.3 Å². The molecule has 1 unspecified atom stereocenters. The van der Waals surface area contributed by atoms with Crippen LogP contribution in [0.4, 0.5) is 0 Å². The van der Waals surface area contributed by atoms with Crippen molar-refractivity contribution >= 4 is 38.2 Å². The topological polar surface area (TPSA) is 24.9 Å². The van der Waals surface area contributed by atoms with E-state index in [-0.39, 0.29) is 6.04 Å². The zero-order valence-electron chi connectivity index (χ0n) is 10.4. The van der Waals surface area contributed by atoms with Crippen LogP contribution in [0.2, 0.25) is 0 Å². The van der Waals surface area contributed by atoms with Gasteiger partial charge in [-0.1, -0.05) is 18.2 Å². The molecule has 0 saturated carbocycles. The van der Waals surface area contributed by atoms with Gasteiger partial charge in [0.2, 0.25) is 0 Å². The molecule has 4 heteroatoms. The minimum Gasteiger partial charge on any atom is -0.309 e. The normalized spacial score (nSPS) is 12.7. The van der Waals surface area contributed by atoms with E-state index >= 15 is 0 Å². The molecule has 0 spiro atoms. The van der Waals surface area contributed by atoms with Gasteiger partial charge < -0.3 is 5.32 Å². The third kappa shape index (κ3) is 2.31.